The van der Waals surface area contributed by atoms with Crippen LogP contribution in [0, 0.1) is 0 Å². The summed E-state index contributed by atoms with van der Waals surface area (Å²) in [6.45, 7) is 0.608. The Balaban J connectivity index is 2.45. The molecule has 5 heteroatoms. The van der Waals surface area contributed by atoms with Gasteiger partial charge in [-0.05, 0) is 6.42 Å². The van der Waals surface area contributed by atoms with E-state index in [4.69, 9.17) is 4.74 Å². The second-order valence-electron chi connectivity index (χ2n) is 2.76. The molecule has 0 saturated heterocycles. The van der Waals surface area contributed by atoms with E-state index in [0.29, 0.717) is 18.7 Å². The van der Waals surface area contributed by atoms with Crippen molar-refractivity contribution in [2.75, 3.05) is 13.7 Å². The second kappa shape index (κ2) is 4.71. The maximum absolute atomic E-state index is 11.4. The number of rotatable bonds is 5. The molecular formula is C8H13N3O2. The fourth-order valence-corrected chi connectivity index (χ4v) is 1.05. The molecule has 5 nitrogen and oxygen atoms in total. The summed E-state index contributed by atoms with van der Waals surface area (Å²) in [4.78, 5) is 11.4. The van der Waals surface area contributed by atoms with Crippen LogP contribution in [-0.2, 0) is 11.8 Å². The lowest BCUT2D eigenvalue weighted by Gasteiger charge is -1.99. The zero-order valence-electron chi connectivity index (χ0n) is 7.86. The molecule has 1 rings (SSSR count). The molecule has 1 aromatic rings. The second-order valence-corrected chi connectivity index (χ2v) is 2.76. The lowest BCUT2D eigenvalue weighted by molar-refractivity contribution is 0.0954. The zero-order valence-corrected chi connectivity index (χ0v) is 7.86. The summed E-state index contributed by atoms with van der Waals surface area (Å²) in [5.74, 6) is 0.0598. The first-order valence-electron chi connectivity index (χ1n) is 4.12. The Morgan fingerprint density at radius 2 is 2.46 bits per heavy atom. The molecule has 72 valence electrons. The van der Waals surface area contributed by atoms with E-state index < -0.39 is 0 Å². The highest BCUT2D eigenvalue weighted by Crippen LogP contribution is 2.01. The van der Waals surface area contributed by atoms with Gasteiger partial charge < -0.3 is 4.74 Å². The smallest absolute Gasteiger partial charge is 0.182 e. The normalized spacial score (nSPS) is 10.3. The third-order valence-electron chi connectivity index (χ3n) is 1.75. The minimum Gasteiger partial charge on any atom is -0.385 e. The van der Waals surface area contributed by atoms with Gasteiger partial charge >= 0.3 is 0 Å². The molecule has 0 spiro atoms. The SMILES string of the molecule is COCCCC(=O)c1cnnn1C. The highest BCUT2D eigenvalue weighted by molar-refractivity contribution is 5.94. The van der Waals surface area contributed by atoms with Gasteiger partial charge in [0.05, 0.1) is 6.20 Å². The van der Waals surface area contributed by atoms with Crippen LogP contribution in [0.5, 0.6) is 0 Å². The number of aryl methyl sites for hydroxylation is 1. The summed E-state index contributed by atoms with van der Waals surface area (Å²) >= 11 is 0. The molecule has 0 bridgehead atoms. The number of nitrogens with zero attached hydrogens (tertiary/aromatic N) is 3. The van der Waals surface area contributed by atoms with Gasteiger partial charge in [-0.25, -0.2) is 4.68 Å². The predicted molar refractivity (Wildman–Crippen MR) is 46.4 cm³/mol. The minimum atomic E-state index is 0.0598. The number of hydrogen-bond acceptors (Lipinski definition) is 4. The molecule has 0 fully saturated rings. The van der Waals surface area contributed by atoms with Crippen molar-refractivity contribution >= 4 is 5.78 Å². The van der Waals surface area contributed by atoms with Crippen molar-refractivity contribution in [1.29, 1.82) is 0 Å². The molecule has 0 saturated carbocycles. The first-order valence-corrected chi connectivity index (χ1v) is 4.12. The lowest BCUT2D eigenvalue weighted by atomic mass is 10.2. The summed E-state index contributed by atoms with van der Waals surface area (Å²) < 4.78 is 6.33. The summed E-state index contributed by atoms with van der Waals surface area (Å²) in [6.07, 6.45) is 2.70. The fourth-order valence-electron chi connectivity index (χ4n) is 1.05. The Hall–Kier alpha value is -1.23. The molecule has 0 amide bonds. The van der Waals surface area contributed by atoms with Crippen molar-refractivity contribution in [2.24, 2.45) is 7.05 Å². The van der Waals surface area contributed by atoms with Crippen molar-refractivity contribution < 1.29 is 9.53 Å². The molecule has 0 atom stereocenters. The zero-order chi connectivity index (χ0) is 9.68. The number of ketones is 1. The van der Waals surface area contributed by atoms with E-state index in [-0.39, 0.29) is 5.78 Å². The number of aromatic nitrogens is 3. The Kier molecular flexibility index (Phi) is 3.57. The van der Waals surface area contributed by atoms with Crippen molar-refractivity contribution in [1.82, 2.24) is 15.0 Å². The molecule has 1 heterocycles. The van der Waals surface area contributed by atoms with E-state index in [2.05, 4.69) is 10.3 Å². The average Bonchev–Trinajstić information content (AvgIpc) is 2.52. The van der Waals surface area contributed by atoms with Crippen LogP contribution in [-0.4, -0.2) is 34.5 Å². The molecule has 0 aliphatic carbocycles. The van der Waals surface area contributed by atoms with Gasteiger partial charge in [0.25, 0.3) is 0 Å². The molecule has 0 aromatic carbocycles. The molecule has 0 N–H and O–H groups in total. The standard InChI is InChI=1S/C8H13N3O2/c1-11-7(6-9-10-11)8(12)4-3-5-13-2/h6H,3-5H2,1-2H3. The first-order chi connectivity index (χ1) is 6.25. The number of carbonyl (C=O) groups excluding carboxylic acids is 1. The molecule has 0 aliphatic heterocycles. The van der Waals surface area contributed by atoms with E-state index in [0.717, 1.165) is 6.42 Å². The number of Topliss-reactive ketones (excluding diaryl/α,β-unsaturated/α-hetero) is 1. The monoisotopic (exact) mass is 183 g/mol. The van der Waals surface area contributed by atoms with E-state index in [1.54, 1.807) is 14.2 Å². The van der Waals surface area contributed by atoms with Crippen LogP contribution < -0.4 is 0 Å². The Labute approximate surface area is 76.7 Å². The molecular weight excluding hydrogens is 170 g/mol. The van der Waals surface area contributed by atoms with E-state index in [1.165, 1.54) is 10.9 Å². The van der Waals surface area contributed by atoms with Crippen molar-refractivity contribution in [3.8, 4) is 0 Å². The number of hydrogen-bond donors (Lipinski definition) is 0. The number of methoxy groups -OCH3 is 1. The van der Waals surface area contributed by atoms with Gasteiger partial charge in [0.15, 0.2) is 5.78 Å². The van der Waals surface area contributed by atoms with Gasteiger partial charge in [-0.15, -0.1) is 5.10 Å². The van der Waals surface area contributed by atoms with Crippen molar-refractivity contribution in [2.45, 2.75) is 12.8 Å². The van der Waals surface area contributed by atoms with Crippen LogP contribution in [0.25, 0.3) is 0 Å². The lowest BCUT2D eigenvalue weighted by Crippen LogP contribution is -2.07. The minimum absolute atomic E-state index is 0.0598. The molecule has 0 aliphatic rings. The molecule has 0 unspecified atom stereocenters. The van der Waals surface area contributed by atoms with Gasteiger partial charge in [0.2, 0.25) is 0 Å². The van der Waals surface area contributed by atoms with Gasteiger partial charge in [-0.2, -0.15) is 0 Å². The summed E-state index contributed by atoms with van der Waals surface area (Å²) in [5, 5.41) is 7.31. The van der Waals surface area contributed by atoms with Crippen LogP contribution >= 0.6 is 0 Å². The average molecular weight is 183 g/mol. The third kappa shape index (κ3) is 2.62. The van der Waals surface area contributed by atoms with E-state index in [1.807, 2.05) is 0 Å². The molecule has 0 radical (unpaired) electrons. The maximum Gasteiger partial charge on any atom is 0.182 e. The van der Waals surface area contributed by atoms with E-state index in [9.17, 15) is 4.79 Å². The molecule has 1 aromatic heterocycles. The van der Waals surface area contributed by atoms with Crippen LogP contribution in [0.15, 0.2) is 6.20 Å². The Morgan fingerprint density at radius 1 is 1.69 bits per heavy atom. The first kappa shape index (κ1) is 9.85. The van der Waals surface area contributed by atoms with Gasteiger partial charge in [0.1, 0.15) is 5.69 Å². The van der Waals surface area contributed by atoms with Crippen molar-refractivity contribution in [3.63, 3.8) is 0 Å². The predicted octanol–water partition coefficient (Wildman–Crippen LogP) is 0.424. The number of carbonyl (C=O) groups is 1. The van der Waals surface area contributed by atoms with Gasteiger partial charge in [-0.3, -0.25) is 4.79 Å². The van der Waals surface area contributed by atoms with E-state index >= 15 is 0 Å². The van der Waals surface area contributed by atoms with Gasteiger partial charge in [-0.1, -0.05) is 5.21 Å². The fraction of sp³-hybridized carbons (Fsp3) is 0.625. The Morgan fingerprint density at radius 3 is 3.00 bits per heavy atom. The molecule has 13 heavy (non-hydrogen) atoms. The number of ether oxygens (including phenoxy) is 1. The maximum atomic E-state index is 11.4. The van der Waals surface area contributed by atoms with Crippen LogP contribution in [0.4, 0.5) is 0 Å². The van der Waals surface area contributed by atoms with Crippen LogP contribution in [0.1, 0.15) is 23.3 Å². The summed E-state index contributed by atoms with van der Waals surface area (Å²) in [6, 6.07) is 0. The van der Waals surface area contributed by atoms with Crippen LogP contribution in [0.2, 0.25) is 0 Å². The quantitative estimate of drug-likeness (QED) is 0.490. The largest absolute Gasteiger partial charge is 0.385 e. The van der Waals surface area contributed by atoms with Crippen LogP contribution in [0.3, 0.4) is 0 Å². The highest BCUT2D eigenvalue weighted by Gasteiger charge is 2.09. The van der Waals surface area contributed by atoms with Crippen molar-refractivity contribution in [3.05, 3.63) is 11.9 Å². The summed E-state index contributed by atoms with van der Waals surface area (Å²) in [7, 11) is 3.33. The third-order valence-corrected chi connectivity index (χ3v) is 1.75. The topological polar surface area (TPSA) is 57.0 Å². The van der Waals surface area contributed by atoms with Gasteiger partial charge in [0, 0.05) is 27.2 Å². The summed E-state index contributed by atoms with van der Waals surface area (Å²) in [5.41, 5.74) is 0.552. The Bertz CT molecular complexity index is 283. The highest BCUT2D eigenvalue weighted by atomic mass is 16.5.